The molecule has 0 aliphatic heterocycles. The van der Waals surface area contributed by atoms with E-state index in [1.165, 1.54) is 12.1 Å². The third-order valence-electron chi connectivity index (χ3n) is 4.11. The highest BCUT2D eigenvalue weighted by molar-refractivity contribution is 6.04. The summed E-state index contributed by atoms with van der Waals surface area (Å²) in [5, 5.41) is 10.1. The van der Waals surface area contributed by atoms with Crippen LogP contribution in [0.15, 0.2) is 42.5 Å². The number of nitrogens with zero attached hydrogens (tertiary/aromatic N) is 1. The van der Waals surface area contributed by atoms with E-state index in [-0.39, 0.29) is 22.2 Å². The summed E-state index contributed by atoms with van der Waals surface area (Å²) in [7, 11) is 0. The molecule has 3 nitrogen and oxygen atoms in total. The SMILES string of the molecule is CC(C)(C)c1ccc2nc(-c3ccc(F)cc3F)cc(C(=O)O)c2c1. The number of pyridine rings is 1. The zero-order valence-corrected chi connectivity index (χ0v) is 14.1. The van der Waals surface area contributed by atoms with E-state index < -0.39 is 17.6 Å². The summed E-state index contributed by atoms with van der Waals surface area (Å²) in [6.45, 7) is 6.10. The molecule has 2 aromatic carbocycles. The molecule has 0 amide bonds. The van der Waals surface area contributed by atoms with Gasteiger partial charge in [-0.1, -0.05) is 26.8 Å². The molecule has 1 N–H and O–H groups in total. The van der Waals surface area contributed by atoms with Gasteiger partial charge in [0.25, 0.3) is 0 Å². The first-order valence-corrected chi connectivity index (χ1v) is 7.81. The Labute approximate surface area is 144 Å². The van der Waals surface area contributed by atoms with Crippen LogP contribution in [-0.2, 0) is 5.41 Å². The molecule has 0 spiro atoms. The lowest BCUT2D eigenvalue weighted by molar-refractivity contribution is 0.0699. The highest BCUT2D eigenvalue weighted by atomic mass is 19.1. The third kappa shape index (κ3) is 3.22. The van der Waals surface area contributed by atoms with Crippen LogP contribution in [0.3, 0.4) is 0 Å². The molecule has 0 bridgehead atoms. The fraction of sp³-hybridized carbons (Fsp3) is 0.200. The molecule has 0 radical (unpaired) electrons. The van der Waals surface area contributed by atoms with Gasteiger partial charge in [-0.2, -0.15) is 0 Å². The maximum atomic E-state index is 14.1. The number of carboxylic acids is 1. The van der Waals surface area contributed by atoms with Crippen molar-refractivity contribution in [3.8, 4) is 11.3 Å². The minimum atomic E-state index is -1.12. The number of benzene rings is 2. The van der Waals surface area contributed by atoms with E-state index in [0.29, 0.717) is 10.9 Å². The van der Waals surface area contributed by atoms with Gasteiger partial charge in [0.05, 0.1) is 16.8 Å². The van der Waals surface area contributed by atoms with Crippen molar-refractivity contribution in [2.24, 2.45) is 0 Å². The second-order valence-corrected chi connectivity index (χ2v) is 6.97. The van der Waals surface area contributed by atoms with Crippen molar-refractivity contribution in [2.75, 3.05) is 0 Å². The number of rotatable bonds is 2. The van der Waals surface area contributed by atoms with Crippen molar-refractivity contribution >= 4 is 16.9 Å². The topological polar surface area (TPSA) is 50.2 Å². The van der Waals surface area contributed by atoms with E-state index in [9.17, 15) is 18.7 Å². The zero-order chi connectivity index (χ0) is 18.4. The molecule has 128 valence electrons. The lowest BCUT2D eigenvalue weighted by Crippen LogP contribution is -2.11. The number of hydrogen-bond acceptors (Lipinski definition) is 2. The third-order valence-corrected chi connectivity index (χ3v) is 4.11. The summed E-state index contributed by atoms with van der Waals surface area (Å²) in [6.07, 6.45) is 0. The van der Waals surface area contributed by atoms with E-state index in [0.717, 1.165) is 17.7 Å². The number of aromatic nitrogens is 1. The van der Waals surface area contributed by atoms with E-state index in [1.807, 2.05) is 26.8 Å². The molecule has 1 aromatic heterocycles. The van der Waals surface area contributed by atoms with Crippen LogP contribution in [0.5, 0.6) is 0 Å². The molecule has 0 saturated heterocycles. The van der Waals surface area contributed by atoms with Crippen LogP contribution in [-0.4, -0.2) is 16.1 Å². The molecule has 5 heteroatoms. The van der Waals surface area contributed by atoms with Crippen LogP contribution in [0.1, 0.15) is 36.7 Å². The fourth-order valence-electron chi connectivity index (χ4n) is 2.70. The van der Waals surface area contributed by atoms with Crippen molar-refractivity contribution in [2.45, 2.75) is 26.2 Å². The molecule has 3 rings (SSSR count). The number of halogens is 2. The minimum Gasteiger partial charge on any atom is -0.478 e. The summed E-state index contributed by atoms with van der Waals surface area (Å²) < 4.78 is 27.2. The standard InChI is InChI=1S/C20H17F2NO2/c1-20(2,3)11-4-7-17-14(8-11)15(19(24)25)10-18(23-17)13-6-5-12(21)9-16(13)22/h4-10H,1-3H3,(H,24,25). The van der Waals surface area contributed by atoms with Crippen molar-refractivity contribution in [3.63, 3.8) is 0 Å². The molecule has 0 aliphatic carbocycles. The molecule has 3 aromatic rings. The molecule has 0 aliphatic rings. The maximum Gasteiger partial charge on any atom is 0.336 e. The van der Waals surface area contributed by atoms with Gasteiger partial charge >= 0.3 is 5.97 Å². The Morgan fingerprint density at radius 2 is 1.76 bits per heavy atom. The Morgan fingerprint density at radius 1 is 1.04 bits per heavy atom. The van der Waals surface area contributed by atoms with Gasteiger partial charge in [0.15, 0.2) is 0 Å². The first-order valence-electron chi connectivity index (χ1n) is 7.81. The lowest BCUT2D eigenvalue weighted by atomic mass is 9.86. The van der Waals surface area contributed by atoms with Crippen LogP contribution in [0.25, 0.3) is 22.2 Å². The Kier molecular flexibility index (Phi) is 4.03. The van der Waals surface area contributed by atoms with Crippen molar-refractivity contribution in [1.29, 1.82) is 0 Å². The average Bonchev–Trinajstić information content (AvgIpc) is 2.52. The van der Waals surface area contributed by atoms with Crippen LogP contribution in [0.4, 0.5) is 8.78 Å². The number of hydrogen-bond donors (Lipinski definition) is 1. The van der Waals surface area contributed by atoms with Crippen molar-refractivity contribution in [3.05, 3.63) is 65.2 Å². The Hall–Kier alpha value is -2.82. The second-order valence-electron chi connectivity index (χ2n) is 6.97. The number of carboxylic acid groups (broad SMARTS) is 1. The monoisotopic (exact) mass is 341 g/mol. The average molecular weight is 341 g/mol. The van der Waals surface area contributed by atoms with Gasteiger partial charge in [-0.3, -0.25) is 0 Å². The quantitative estimate of drug-likeness (QED) is 0.699. The highest BCUT2D eigenvalue weighted by Gasteiger charge is 2.19. The molecule has 25 heavy (non-hydrogen) atoms. The first kappa shape index (κ1) is 17.0. The van der Waals surface area contributed by atoms with Gasteiger partial charge in [-0.25, -0.2) is 18.6 Å². The summed E-state index contributed by atoms with van der Waals surface area (Å²) in [4.78, 5) is 16.1. The van der Waals surface area contributed by atoms with E-state index in [1.54, 1.807) is 12.1 Å². The number of fused-ring (bicyclic) bond motifs is 1. The van der Waals surface area contributed by atoms with Gasteiger partial charge in [0, 0.05) is 17.0 Å². The van der Waals surface area contributed by atoms with Gasteiger partial charge < -0.3 is 5.11 Å². The Morgan fingerprint density at radius 3 is 2.36 bits per heavy atom. The normalized spacial score (nSPS) is 11.7. The van der Waals surface area contributed by atoms with E-state index >= 15 is 0 Å². The molecule has 0 unspecified atom stereocenters. The molecule has 0 saturated carbocycles. The largest absolute Gasteiger partial charge is 0.478 e. The summed E-state index contributed by atoms with van der Waals surface area (Å²) >= 11 is 0. The number of carbonyl (C=O) groups is 1. The second kappa shape index (κ2) is 5.92. The first-order chi connectivity index (χ1) is 11.7. The van der Waals surface area contributed by atoms with E-state index in [4.69, 9.17) is 0 Å². The minimum absolute atomic E-state index is 0.0369. The molecule has 0 fully saturated rings. The Balaban J connectivity index is 2.29. The van der Waals surface area contributed by atoms with Gasteiger partial charge in [0.2, 0.25) is 0 Å². The molecular formula is C20H17F2NO2. The highest BCUT2D eigenvalue weighted by Crippen LogP contribution is 2.30. The van der Waals surface area contributed by atoms with Crippen LogP contribution >= 0.6 is 0 Å². The molecule has 1 heterocycles. The van der Waals surface area contributed by atoms with Gasteiger partial charge in [-0.15, -0.1) is 0 Å². The summed E-state index contributed by atoms with van der Waals surface area (Å²) in [6, 6.07) is 9.87. The van der Waals surface area contributed by atoms with Crippen LogP contribution < -0.4 is 0 Å². The van der Waals surface area contributed by atoms with Crippen molar-refractivity contribution in [1.82, 2.24) is 4.98 Å². The van der Waals surface area contributed by atoms with Crippen LogP contribution in [0, 0.1) is 11.6 Å². The predicted octanol–water partition coefficient (Wildman–Crippen LogP) is 5.18. The molecular weight excluding hydrogens is 324 g/mol. The van der Waals surface area contributed by atoms with Crippen molar-refractivity contribution < 1.29 is 18.7 Å². The smallest absolute Gasteiger partial charge is 0.336 e. The Bertz CT molecular complexity index is 991. The number of aromatic carboxylic acids is 1. The molecule has 0 atom stereocenters. The maximum absolute atomic E-state index is 14.1. The van der Waals surface area contributed by atoms with Gasteiger partial charge in [0.1, 0.15) is 11.6 Å². The lowest BCUT2D eigenvalue weighted by Gasteiger charge is -2.20. The predicted molar refractivity (Wildman–Crippen MR) is 92.8 cm³/mol. The summed E-state index contributed by atoms with van der Waals surface area (Å²) in [5.74, 6) is -2.60. The van der Waals surface area contributed by atoms with Gasteiger partial charge in [-0.05, 0) is 41.3 Å². The van der Waals surface area contributed by atoms with Crippen LogP contribution in [0.2, 0.25) is 0 Å². The van der Waals surface area contributed by atoms with E-state index in [2.05, 4.69) is 4.98 Å². The summed E-state index contributed by atoms with van der Waals surface area (Å²) in [5.41, 5.74) is 1.54. The fourth-order valence-corrected chi connectivity index (χ4v) is 2.70. The zero-order valence-electron chi connectivity index (χ0n) is 14.1.